The summed E-state index contributed by atoms with van der Waals surface area (Å²) in [6.07, 6.45) is 68.9. The molecule has 11 heteroatoms. The van der Waals surface area contributed by atoms with Crippen LogP contribution < -0.4 is 5.32 Å². The van der Waals surface area contributed by atoms with Crippen LogP contribution >= 0.6 is 0 Å². The van der Waals surface area contributed by atoms with E-state index in [0.717, 1.165) is 116 Å². The van der Waals surface area contributed by atoms with Crippen LogP contribution in [0.5, 0.6) is 0 Å². The summed E-state index contributed by atoms with van der Waals surface area (Å²) in [4.78, 5) is 26.5. The molecule has 1 saturated heterocycles. The van der Waals surface area contributed by atoms with E-state index in [1.807, 2.05) is 18.2 Å². The summed E-state index contributed by atoms with van der Waals surface area (Å²) in [5, 5.41) is 57.0. The monoisotopic (exact) mass is 1110 g/mol. The first-order valence-electron chi connectivity index (χ1n) is 31.1. The van der Waals surface area contributed by atoms with Crippen LogP contribution in [0.25, 0.3) is 0 Å². The molecule has 0 radical (unpaired) electrons. The van der Waals surface area contributed by atoms with Gasteiger partial charge in [-0.25, -0.2) is 0 Å². The Morgan fingerprint density at radius 3 is 1.35 bits per heavy atom. The molecule has 1 aliphatic rings. The summed E-state index contributed by atoms with van der Waals surface area (Å²) in [7, 11) is 0. The maximum absolute atomic E-state index is 13.4. The van der Waals surface area contributed by atoms with E-state index in [2.05, 4.69) is 148 Å². The van der Waals surface area contributed by atoms with Crippen molar-refractivity contribution in [2.24, 2.45) is 0 Å². The molecule has 0 saturated carbocycles. The minimum atomic E-state index is -1.66. The topological polar surface area (TPSA) is 175 Å². The quantitative estimate of drug-likeness (QED) is 0.0195. The number of nitrogens with one attached hydrogen (secondary N) is 1. The molecule has 452 valence electrons. The zero-order valence-corrected chi connectivity index (χ0v) is 49.9. The second kappa shape index (κ2) is 55.1. The fourth-order valence-corrected chi connectivity index (χ4v) is 8.64. The number of carbonyl (C=O) groups is 2. The van der Waals surface area contributed by atoms with Gasteiger partial charge in [0.25, 0.3) is 0 Å². The summed E-state index contributed by atoms with van der Waals surface area (Å²) in [6, 6.07) is -1.06. The third kappa shape index (κ3) is 42.4. The molecule has 0 spiro atoms. The van der Waals surface area contributed by atoms with Crippen molar-refractivity contribution in [3.8, 4) is 0 Å². The third-order valence-corrected chi connectivity index (χ3v) is 13.5. The number of rotatable bonds is 50. The Morgan fingerprint density at radius 1 is 0.500 bits per heavy atom. The highest BCUT2D eigenvalue weighted by Gasteiger charge is 2.47. The Morgan fingerprint density at radius 2 is 0.900 bits per heavy atom. The van der Waals surface area contributed by atoms with Gasteiger partial charge in [-0.15, -0.1) is 0 Å². The van der Waals surface area contributed by atoms with Gasteiger partial charge >= 0.3 is 5.97 Å². The van der Waals surface area contributed by atoms with Gasteiger partial charge in [-0.2, -0.15) is 0 Å². The Balaban J connectivity index is 2.75. The highest BCUT2D eigenvalue weighted by atomic mass is 16.7. The standard InChI is InChI=1S/C69H111NO10/c1-4-7-10-13-16-19-22-25-27-29-31-33-34-36-38-41-44-47-50-53-56-62(73)68(77)70-60(61(72)55-52-49-46-43-40-24-21-18-15-12-9-6-3)59-78-69-67(66(76)65(75)63(58-71)79-69)80-64(74)57-54-51-48-45-42-39-37-35-32-30-28-26-23-20-17-14-11-8-5-2/h7-8,10-11,16-17,19-20,25-28,31-33,35-36,38-39,42,48,51-52,55,60-63,65-67,69,71-73,75-76H,4-6,9,12-15,18,21-24,29-30,34,37,40-41,43-47,49-50,53-54,56-59H2,1-3H3,(H,70,77)/b10-7-,11-8-,19-16-,20-17-,27-25-,28-26-,33-31-,35-32-,38-36-,42-39-,51-48-,55-52+. The summed E-state index contributed by atoms with van der Waals surface area (Å²) in [5.74, 6) is -1.32. The van der Waals surface area contributed by atoms with E-state index >= 15 is 0 Å². The normalized spacial score (nSPS) is 19.8. The number of amides is 1. The molecule has 80 heavy (non-hydrogen) atoms. The van der Waals surface area contributed by atoms with E-state index in [1.54, 1.807) is 6.08 Å². The maximum atomic E-state index is 13.4. The smallest absolute Gasteiger partial charge is 0.306 e. The maximum Gasteiger partial charge on any atom is 0.306 e. The predicted molar refractivity (Wildman–Crippen MR) is 333 cm³/mol. The molecule has 1 rings (SSSR count). The van der Waals surface area contributed by atoms with E-state index in [4.69, 9.17) is 14.2 Å². The van der Waals surface area contributed by atoms with Gasteiger partial charge in [0.15, 0.2) is 12.4 Å². The van der Waals surface area contributed by atoms with Gasteiger partial charge in [0, 0.05) is 6.42 Å². The van der Waals surface area contributed by atoms with E-state index in [0.29, 0.717) is 19.3 Å². The first-order valence-corrected chi connectivity index (χ1v) is 31.1. The largest absolute Gasteiger partial charge is 0.454 e. The van der Waals surface area contributed by atoms with Crippen LogP contribution in [0.15, 0.2) is 146 Å². The number of aliphatic hydroxyl groups is 5. The van der Waals surface area contributed by atoms with E-state index in [9.17, 15) is 35.1 Å². The Labute approximate surface area is 485 Å². The second-order valence-corrected chi connectivity index (χ2v) is 20.7. The number of carbonyl (C=O) groups excluding carboxylic acids is 2. The van der Waals surface area contributed by atoms with Crippen LogP contribution in [-0.4, -0.2) is 99.6 Å². The molecule has 8 unspecified atom stereocenters. The Bertz CT molecular complexity index is 1850. The van der Waals surface area contributed by atoms with Crippen LogP contribution in [0.2, 0.25) is 0 Å². The molecule has 0 bridgehead atoms. The molecule has 1 aliphatic heterocycles. The van der Waals surface area contributed by atoms with Crippen LogP contribution in [0.4, 0.5) is 0 Å². The zero-order valence-electron chi connectivity index (χ0n) is 49.9. The van der Waals surface area contributed by atoms with Crippen LogP contribution in [0, 0.1) is 0 Å². The fourth-order valence-electron chi connectivity index (χ4n) is 8.64. The lowest BCUT2D eigenvalue weighted by Crippen LogP contribution is -2.61. The van der Waals surface area contributed by atoms with Gasteiger partial charge in [0.05, 0.1) is 25.4 Å². The molecular formula is C69H111NO10. The van der Waals surface area contributed by atoms with Gasteiger partial charge in [0.1, 0.15) is 24.4 Å². The number of unbranched alkanes of at least 4 members (excludes halogenated alkanes) is 14. The molecule has 1 amide bonds. The predicted octanol–water partition coefficient (Wildman–Crippen LogP) is 15.0. The summed E-state index contributed by atoms with van der Waals surface area (Å²) in [6.45, 7) is 5.49. The molecule has 6 N–H and O–H groups in total. The van der Waals surface area contributed by atoms with E-state index < -0.39 is 67.4 Å². The van der Waals surface area contributed by atoms with Crippen molar-refractivity contribution in [2.45, 2.75) is 262 Å². The van der Waals surface area contributed by atoms with Gasteiger partial charge in [-0.05, 0) is 109 Å². The van der Waals surface area contributed by atoms with Crippen molar-refractivity contribution in [2.75, 3.05) is 13.2 Å². The fraction of sp³-hybridized carbons (Fsp3) is 0.623. The molecule has 1 fully saturated rings. The van der Waals surface area contributed by atoms with E-state index in [-0.39, 0.29) is 19.4 Å². The van der Waals surface area contributed by atoms with Crippen LogP contribution in [0.3, 0.4) is 0 Å². The van der Waals surface area contributed by atoms with Crippen molar-refractivity contribution in [1.29, 1.82) is 0 Å². The summed E-state index contributed by atoms with van der Waals surface area (Å²) in [5.41, 5.74) is 0. The van der Waals surface area contributed by atoms with Gasteiger partial charge in [-0.3, -0.25) is 9.59 Å². The molecule has 11 nitrogen and oxygen atoms in total. The van der Waals surface area contributed by atoms with Crippen molar-refractivity contribution < 1.29 is 49.3 Å². The Hall–Kier alpha value is -4.46. The van der Waals surface area contributed by atoms with Gasteiger partial charge in [-0.1, -0.05) is 244 Å². The first-order chi connectivity index (χ1) is 39.2. The van der Waals surface area contributed by atoms with Gasteiger partial charge < -0.3 is 45.1 Å². The highest BCUT2D eigenvalue weighted by Crippen LogP contribution is 2.26. The third-order valence-electron chi connectivity index (χ3n) is 13.5. The van der Waals surface area contributed by atoms with Crippen molar-refractivity contribution in [3.63, 3.8) is 0 Å². The zero-order chi connectivity index (χ0) is 58.2. The van der Waals surface area contributed by atoms with Crippen molar-refractivity contribution >= 4 is 11.9 Å². The Kier molecular flexibility index (Phi) is 50.7. The van der Waals surface area contributed by atoms with Gasteiger partial charge in [0.2, 0.25) is 5.91 Å². The average molecular weight is 1110 g/mol. The molecule has 0 aromatic carbocycles. The molecule has 8 atom stereocenters. The lowest BCUT2D eigenvalue weighted by molar-refractivity contribution is -0.305. The number of hydrogen-bond donors (Lipinski definition) is 6. The van der Waals surface area contributed by atoms with Crippen LogP contribution in [-0.2, 0) is 23.8 Å². The number of ether oxygens (including phenoxy) is 3. The first kappa shape index (κ1) is 73.6. The van der Waals surface area contributed by atoms with Crippen LogP contribution in [0.1, 0.15) is 213 Å². The average Bonchev–Trinajstić information content (AvgIpc) is 3.48. The number of esters is 1. The molecule has 0 aromatic rings. The van der Waals surface area contributed by atoms with Crippen molar-refractivity contribution in [3.05, 3.63) is 146 Å². The minimum absolute atomic E-state index is 0.0128. The summed E-state index contributed by atoms with van der Waals surface area (Å²) >= 11 is 0. The van der Waals surface area contributed by atoms with Crippen molar-refractivity contribution in [1.82, 2.24) is 5.32 Å². The SMILES string of the molecule is CC/C=C\C/C=C\C/C=C\C/C=C\C/C=C\C/C=C\CCC(=O)OC1C(OCC(NC(=O)C(O)CCCCCC/C=C\C/C=C\C/C=C\C/C=C\C/C=C\CC)C(O)/C=C/CCCCCCCCCCCC)OC(CO)C(O)C1O. The molecule has 0 aromatic heterocycles. The number of hydrogen-bond acceptors (Lipinski definition) is 10. The molecule has 1 heterocycles. The molecule has 0 aliphatic carbocycles. The number of aliphatic hydroxyl groups excluding tert-OH is 5. The lowest BCUT2D eigenvalue weighted by Gasteiger charge is -2.41. The molecular weight excluding hydrogens is 1000 g/mol. The summed E-state index contributed by atoms with van der Waals surface area (Å²) < 4.78 is 17.5. The minimum Gasteiger partial charge on any atom is -0.454 e. The second-order valence-electron chi connectivity index (χ2n) is 20.7. The highest BCUT2D eigenvalue weighted by molar-refractivity contribution is 5.80. The van der Waals surface area contributed by atoms with E-state index in [1.165, 1.54) is 44.9 Å². The lowest BCUT2D eigenvalue weighted by atomic mass is 9.99. The number of allylic oxidation sites excluding steroid dienone is 23.